The molecular formula is C16H10F3NO3S. The lowest BCUT2D eigenvalue weighted by Crippen LogP contribution is -2.29. The van der Waals surface area contributed by atoms with Crippen molar-refractivity contribution >= 4 is 29.3 Å². The SMILES string of the molecule is CSc1ccccc1N1C(=O)c2ccc(OC(F)(F)F)cc2C1=O. The summed E-state index contributed by atoms with van der Waals surface area (Å²) in [5, 5.41) is 0. The standard InChI is InChI=1S/C16H10F3NO3S/c1-24-13-5-3-2-4-12(13)20-14(21)10-7-6-9(23-16(17,18)19)8-11(10)15(20)22/h2-8H,1H3. The first-order valence-electron chi connectivity index (χ1n) is 6.73. The second-order valence-corrected chi connectivity index (χ2v) is 5.72. The van der Waals surface area contributed by atoms with Gasteiger partial charge in [0.2, 0.25) is 0 Å². The van der Waals surface area contributed by atoms with Gasteiger partial charge in [0.15, 0.2) is 0 Å². The molecule has 0 atom stereocenters. The molecule has 0 aliphatic carbocycles. The van der Waals surface area contributed by atoms with E-state index in [0.717, 1.165) is 17.0 Å². The fourth-order valence-corrected chi connectivity index (χ4v) is 3.03. The molecule has 0 radical (unpaired) electrons. The maximum Gasteiger partial charge on any atom is 0.573 e. The minimum absolute atomic E-state index is 0.0467. The summed E-state index contributed by atoms with van der Waals surface area (Å²) < 4.78 is 40.8. The molecule has 8 heteroatoms. The van der Waals surface area contributed by atoms with E-state index in [0.29, 0.717) is 10.6 Å². The van der Waals surface area contributed by atoms with Crippen LogP contribution in [0.25, 0.3) is 0 Å². The van der Waals surface area contributed by atoms with Crippen molar-refractivity contribution in [3.63, 3.8) is 0 Å². The quantitative estimate of drug-likeness (QED) is 0.615. The van der Waals surface area contributed by atoms with Crippen LogP contribution in [0.1, 0.15) is 20.7 Å². The summed E-state index contributed by atoms with van der Waals surface area (Å²) in [4.78, 5) is 26.7. The lowest BCUT2D eigenvalue weighted by molar-refractivity contribution is -0.274. The van der Waals surface area contributed by atoms with Gasteiger partial charge in [-0.05, 0) is 36.6 Å². The highest BCUT2D eigenvalue weighted by Gasteiger charge is 2.39. The second-order valence-electron chi connectivity index (χ2n) is 4.87. The fourth-order valence-electron chi connectivity index (χ4n) is 2.45. The van der Waals surface area contributed by atoms with Crippen LogP contribution in [-0.4, -0.2) is 24.4 Å². The lowest BCUT2D eigenvalue weighted by Gasteiger charge is -2.16. The first-order chi connectivity index (χ1) is 11.3. The molecule has 0 bridgehead atoms. The molecule has 2 aromatic carbocycles. The van der Waals surface area contributed by atoms with E-state index in [4.69, 9.17) is 0 Å². The van der Waals surface area contributed by atoms with Crippen LogP contribution in [0.4, 0.5) is 18.9 Å². The molecule has 0 fully saturated rings. The number of thioether (sulfide) groups is 1. The van der Waals surface area contributed by atoms with Crippen LogP contribution < -0.4 is 9.64 Å². The van der Waals surface area contributed by atoms with Crippen LogP contribution in [0.3, 0.4) is 0 Å². The Morgan fingerprint density at radius 3 is 2.33 bits per heavy atom. The number of para-hydroxylation sites is 1. The van der Waals surface area contributed by atoms with Crippen molar-refractivity contribution in [1.82, 2.24) is 0 Å². The third-order valence-corrected chi connectivity index (χ3v) is 4.20. The van der Waals surface area contributed by atoms with Crippen LogP contribution >= 0.6 is 11.8 Å². The average molecular weight is 353 g/mol. The van der Waals surface area contributed by atoms with Gasteiger partial charge in [-0.3, -0.25) is 9.59 Å². The second kappa shape index (κ2) is 5.86. The van der Waals surface area contributed by atoms with Gasteiger partial charge in [0.25, 0.3) is 11.8 Å². The Morgan fingerprint density at radius 1 is 1.00 bits per heavy atom. The predicted octanol–water partition coefficient (Wildman–Crippen LogP) is 4.11. The molecule has 1 heterocycles. The highest BCUT2D eigenvalue weighted by atomic mass is 32.2. The Hall–Kier alpha value is -2.48. The summed E-state index contributed by atoms with van der Waals surface area (Å²) in [6.45, 7) is 0. The van der Waals surface area contributed by atoms with E-state index >= 15 is 0 Å². The van der Waals surface area contributed by atoms with Crippen LogP contribution in [-0.2, 0) is 0 Å². The topological polar surface area (TPSA) is 46.6 Å². The largest absolute Gasteiger partial charge is 0.573 e. The van der Waals surface area contributed by atoms with Crippen molar-refractivity contribution < 1.29 is 27.5 Å². The zero-order valence-electron chi connectivity index (χ0n) is 12.3. The number of halogens is 3. The van der Waals surface area contributed by atoms with Gasteiger partial charge in [-0.15, -0.1) is 24.9 Å². The van der Waals surface area contributed by atoms with Gasteiger partial charge < -0.3 is 4.74 Å². The third kappa shape index (κ3) is 2.84. The normalized spacial score (nSPS) is 14.1. The monoisotopic (exact) mass is 353 g/mol. The Balaban J connectivity index is 2.02. The molecule has 24 heavy (non-hydrogen) atoms. The van der Waals surface area contributed by atoms with E-state index in [1.165, 1.54) is 17.8 Å². The Labute approximate surface area is 139 Å². The molecule has 1 aliphatic rings. The molecule has 124 valence electrons. The van der Waals surface area contributed by atoms with Crippen molar-refractivity contribution in [1.29, 1.82) is 0 Å². The number of rotatable bonds is 3. The first-order valence-corrected chi connectivity index (χ1v) is 7.96. The summed E-state index contributed by atoms with van der Waals surface area (Å²) in [5.41, 5.74) is 0.331. The summed E-state index contributed by atoms with van der Waals surface area (Å²) in [5.74, 6) is -1.79. The first kappa shape index (κ1) is 16.4. The highest BCUT2D eigenvalue weighted by molar-refractivity contribution is 7.98. The van der Waals surface area contributed by atoms with Crippen molar-refractivity contribution in [3.8, 4) is 5.75 Å². The van der Waals surface area contributed by atoms with Gasteiger partial charge >= 0.3 is 6.36 Å². The number of imide groups is 1. The van der Waals surface area contributed by atoms with Gasteiger partial charge in [0.05, 0.1) is 16.8 Å². The molecule has 0 aromatic heterocycles. The number of carbonyl (C=O) groups is 2. The Bertz CT molecular complexity index is 836. The van der Waals surface area contributed by atoms with Crippen LogP contribution in [0.2, 0.25) is 0 Å². The zero-order chi connectivity index (χ0) is 17.5. The molecule has 1 aliphatic heterocycles. The highest BCUT2D eigenvalue weighted by Crippen LogP contribution is 2.36. The molecule has 2 aromatic rings. The van der Waals surface area contributed by atoms with E-state index in [-0.39, 0.29) is 11.1 Å². The molecular weight excluding hydrogens is 343 g/mol. The maximum atomic E-state index is 12.6. The fraction of sp³-hybridized carbons (Fsp3) is 0.125. The van der Waals surface area contributed by atoms with E-state index in [2.05, 4.69) is 4.74 Å². The molecule has 0 unspecified atom stereocenters. The Morgan fingerprint density at radius 2 is 1.67 bits per heavy atom. The van der Waals surface area contributed by atoms with Crippen molar-refractivity contribution in [3.05, 3.63) is 53.6 Å². The average Bonchev–Trinajstić information content (AvgIpc) is 2.77. The van der Waals surface area contributed by atoms with Crippen molar-refractivity contribution in [2.24, 2.45) is 0 Å². The molecule has 0 saturated heterocycles. The number of anilines is 1. The molecule has 4 nitrogen and oxygen atoms in total. The van der Waals surface area contributed by atoms with Gasteiger partial charge in [0, 0.05) is 4.90 Å². The number of benzene rings is 2. The van der Waals surface area contributed by atoms with E-state index in [9.17, 15) is 22.8 Å². The minimum Gasteiger partial charge on any atom is -0.406 e. The van der Waals surface area contributed by atoms with Crippen LogP contribution in [0.15, 0.2) is 47.4 Å². The van der Waals surface area contributed by atoms with E-state index < -0.39 is 23.9 Å². The third-order valence-electron chi connectivity index (χ3n) is 3.42. The summed E-state index contributed by atoms with van der Waals surface area (Å²) in [6.07, 6.45) is -3.07. The molecule has 0 saturated carbocycles. The minimum atomic E-state index is -4.87. The number of amides is 2. The van der Waals surface area contributed by atoms with E-state index in [1.807, 2.05) is 0 Å². The van der Waals surface area contributed by atoms with Crippen LogP contribution in [0.5, 0.6) is 5.75 Å². The van der Waals surface area contributed by atoms with Crippen molar-refractivity contribution in [2.45, 2.75) is 11.3 Å². The molecule has 0 spiro atoms. The summed E-state index contributed by atoms with van der Waals surface area (Å²) in [7, 11) is 0. The Kier molecular flexibility index (Phi) is 4.00. The number of hydrogen-bond acceptors (Lipinski definition) is 4. The predicted molar refractivity (Wildman–Crippen MR) is 82.5 cm³/mol. The molecule has 3 rings (SSSR count). The summed E-state index contributed by atoms with van der Waals surface area (Å²) >= 11 is 1.36. The van der Waals surface area contributed by atoms with Gasteiger partial charge in [0.1, 0.15) is 5.75 Å². The van der Waals surface area contributed by atoms with Gasteiger partial charge in [-0.1, -0.05) is 12.1 Å². The maximum absolute atomic E-state index is 12.6. The van der Waals surface area contributed by atoms with E-state index in [1.54, 1.807) is 30.5 Å². The number of carbonyl (C=O) groups excluding carboxylic acids is 2. The van der Waals surface area contributed by atoms with Crippen molar-refractivity contribution in [2.75, 3.05) is 11.2 Å². The molecule has 2 amide bonds. The molecule has 0 N–H and O–H groups in total. The van der Waals surface area contributed by atoms with Crippen LogP contribution in [0, 0.1) is 0 Å². The lowest BCUT2D eigenvalue weighted by atomic mass is 10.1. The number of ether oxygens (including phenoxy) is 1. The smallest absolute Gasteiger partial charge is 0.406 e. The van der Waals surface area contributed by atoms with Gasteiger partial charge in [-0.25, -0.2) is 4.90 Å². The number of nitrogens with zero attached hydrogens (tertiary/aromatic N) is 1. The zero-order valence-corrected chi connectivity index (χ0v) is 13.1. The van der Waals surface area contributed by atoms with Gasteiger partial charge in [-0.2, -0.15) is 0 Å². The summed E-state index contributed by atoms with van der Waals surface area (Å²) in [6, 6.07) is 9.92. The number of hydrogen-bond donors (Lipinski definition) is 0. The number of fused-ring (bicyclic) bond motifs is 1. The number of alkyl halides is 3.